The van der Waals surface area contributed by atoms with E-state index in [0.717, 1.165) is 0 Å². The highest BCUT2D eigenvalue weighted by molar-refractivity contribution is 5.89. The van der Waals surface area contributed by atoms with Gasteiger partial charge in [0.25, 0.3) is 0 Å². The Balaban J connectivity index is 2.23. The summed E-state index contributed by atoms with van der Waals surface area (Å²) in [6.45, 7) is -0.646. The van der Waals surface area contributed by atoms with Crippen molar-refractivity contribution < 1.29 is 44.5 Å². The van der Waals surface area contributed by atoms with Crippen LogP contribution in [0.2, 0.25) is 0 Å². The zero-order valence-electron chi connectivity index (χ0n) is 13.3. The molecule has 0 bridgehead atoms. The van der Waals surface area contributed by atoms with Gasteiger partial charge in [-0.15, -0.1) is 0 Å². The second-order valence-corrected chi connectivity index (χ2v) is 5.41. The summed E-state index contributed by atoms with van der Waals surface area (Å²) in [4.78, 5) is 11.4. The lowest BCUT2D eigenvalue weighted by molar-refractivity contribution is -0.291. The van der Waals surface area contributed by atoms with E-state index < -0.39 is 49.0 Å². The van der Waals surface area contributed by atoms with Crippen molar-refractivity contribution in [1.29, 1.82) is 0 Å². The molecule has 5 N–H and O–H groups in total. The lowest BCUT2D eigenvalue weighted by Gasteiger charge is -2.39. The summed E-state index contributed by atoms with van der Waals surface area (Å²) in [5.41, 5.74) is 0.460. The molecule has 0 aliphatic carbocycles. The summed E-state index contributed by atoms with van der Waals surface area (Å²) >= 11 is 0. The average Bonchev–Trinajstić information content (AvgIpc) is 2.61. The van der Waals surface area contributed by atoms with Gasteiger partial charge in [-0.25, -0.2) is 4.79 Å². The fourth-order valence-corrected chi connectivity index (χ4v) is 2.32. The van der Waals surface area contributed by atoms with Crippen LogP contribution in [0.4, 0.5) is 0 Å². The molecule has 138 valence electrons. The number of hydrogen-bond donors (Lipinski definition) is 5. The summed E-state index contributed by atoms with van der Waals surface area (Å²) in [6, 6.07) is 6.51. The molecular weight excluding hydrogens is 336 g/mol. The quantitative estimate of drug-likeness (QED) is 0.318. The van der Waals surface area contributed by atoms with Gasteiger partial charge >= 0.3 is 5.97 Å². The Hall–Kier alpha value is -2.17. The largest absolute Gasteiger partial charge is 0.497 e. The lowest BCUT2D eigenvalue weighted by atomic mass is 9.99. The number of carboxylic acid groups (broad SMARTS) is 1. The van der Waals surface area contributed by atoms with Crippen LogP contribution in [-0.4, -0.2) is 75.9 Å². The number of ether oxygens (including phenoxy) is 3. The molecule has 1 aliphatic rings. The standard InChI is InChI=1S/C16H20O9/c1-23-9-4-2-3-8(5-9)6-10(15(21)22)24-16-14(20)13(19)12(18)11(7-17)25-16/h2-6,11-14,16-20H,7H2,1H3,(H,21,22)/t11-,12-,13+,14-,16-/m1/s1. The van der Waals surface area contributed by atoms with Gasteiger partial charge in [-0.1, -0.05) is 12.1 Å². The Morgan fingerprint density at radius 1 is 1.24 bits per heavy atom. The van der Waals surface area contributed by atoms with Gasteiger partial charge < -0.3 is 39.7 Å². The Labute approximate surface area is 143 Å². The summed E-state index contributed by atoms with van der Waals surface area (Å²) < 4.78 is 15.3. The molecule has 25 heavy (non-hydrogen) atoms. The predicted octanol–water partition coefficient (Wildman–Crippen LogP) is -1.06. The minimum Gasteiger partial charge on any atom is -0.497 e. The minimum absolute atomic E-state index is 0.460. The molecule has 1 saturated heterocycles. The van der Waals surface area contributed by atoms with E-state index in [1.54, 1.807) is 24.3 Å². The third kappa shape index (κ3) is 4.47. The molecule has 2 rings (SSSR count). The molecule has 1 fully saturated rings. The second-order valence-electron chi connectivity index (χ2n) is 5.41. The number of benzene rings is 1. The highest BCUT2D eigenvalue weighted by Crippen LogP contribution is 2.25. The van der Waals surface area contributed by atoms with Gasteiger partial charge in [0.05, 0.1) is 13.7 Å². The number of hydrogen-bond acceptors (Lipinski definition) is 8. The van der Waals surface area contributed by atoms with E-state index in [1.807, 2.05) is 0 Å². The normalized spacial score (nSPS) is 30.0. The predicted molar refractivity (Wildman–Crippen MR) is 83.5 cm³/mol. The van der Waals surface area contributed by atoms with E-state index in [4.69, 9.17) is 19.3 Å². The Morgan fingerprint density at radius 2 is 1.96 bits per heavy atom. The molecular formula is C16H20O9. The fourth-order valence-electron chi connectivity index (χ4n) is 2.32. The van der Waals surface area contributed by atoms with E-state index in [0.29, 0.717) is 11.3 Å². The van der Waals surface area contributed by atoms with Gasteiger partial charge in [0.1, 0.15) is 30.2 Å². The molecule has 1 aromatic rings. The first kappa shape index (κ1) is 19.2. The first-order valence-corrected chi connectivity index (χ1v) is 7.43. The van der Waals surface area contributed by atoms with Gasteiger partial charge in [-0.2, -0.15) is 0 Å². The molecule has 0 spiro atoms. The first-order chi connectivity index (χ1) is 11.9. The third-order valence-electron chi connectivity index (χ3n) is 3.69. The van der Waals surface area contributed by atoms with E-state index in [-0.39, 0.29) is 0 Å². The maximum absolute atomic E-state index is 11.4. The van der Waals surface area contributed by atoms with Crippen molar-refractivity contribution in [3.8, 4) is 5.75 Å². The monoisotopic (exact) mass is 356 g/mol. The van der Waals surface area contributed by atoms with E-state index in [9.17, 15) is 25.2 Å². The second kappa shape index (κ2) is 8.28. The zero-order chi connectivity index (χ0) is 18.6. The number of aliphatic hydroxyl groups excluding tert-OH is 4. The Kier molecular flexibility index (Phi) is 6.34. The van der Waals surface area contributed by atoms with E-state index in [1.165, 1.54) is 13.2 Å². The zero-order valence-corrected chi connectivity index (χ0v) is 13.3. The number of aliphatic carboxylic acids is 1. The number of carbonyl (C=O) groups is 1. The smallest absolute Gasteiger partial charge is 0.371 e. The van der Waals surface area contributed by atoms with Crippen molar-refractivity contribution >= 4 is 12.0 Å². The molecule has 0 saturated carbocycles. The van der Waals surface area contributed by atoms with Gasteiger partial charge in [0.2, 0.25) is 12.0 Å². The SMILES string of the molecule is COc1cccc(C=C(O[C@@H]2O[C@H](CO)[C@@H](O)[C@H](O)[C@H]2O)C(=O)O)c1. The highest BCUT2D eigenvalue weighted by atomic mass is 16.7. The summed E-state index contributed by atoms with van der Waals surface area (Å²) in [5.74, 6) is -1.48. The topological polar surface area (TPSA) is 146 Å². The molecule has 9 nitrogen and oxygen atoms in total. The van der Waals surface area contributed by atoms with Crippen LogP contribution in [0.3, 0.4) is 0 Å². The Morgan fingerprint density at radius 3 is 2.56 bits per heavy atom. The third-order valence-corrected chi connectivity index (χ3v) is 3.69. The molecule has 0 amide bonds. The number of methoxy groups -OCH3 is 1. The van der Waals surface area contributed by atoms with Crippen LogP contribution in [-0.2, 0) is 14.3 Å². The van der Waals surface area contributed by atoms with Gasteiger partial charge in [-0.3, -0.25) is 0 Å². The summed E-state index contributed by atoms with van der Waals surface area (Å²) in [7, 11) is 1.46. The van der Waals surface area contributed by atoms with Gasteiger partial charge in [0, 0.05) is 0 Å². The van der Waals surface area contributed by atoms with Crippen molar-refractivity contribution in [1.82, 2.24) is 0 Å². The highest BCUT2D eigenvalue weighted by Gasteiger charge is 2.45. The lowest BCUT2D eigenvalue weighted by Crippen LogP contribution is -2.59. The van der Waals surface area contributed by atoms with Crippen molar-refractivity contribution in [3.63, 3.8) is 0 Å². The van der Waals surface area contributed by atoms with Crippen LogP contribution in [0, 0.1) is 0 Å². The number of rotatable bonds is 6. The molecule has 0 radical (unpaired) electrons. The van der Waals surface area contributed by atoms with E-state index >= 15 is 0 Å². The summed E-state index contributed by atoms with van der Waals surface area (Å²) in [6.07, 6.45) is -6.52. The van der Waals surface area contributed by atoms with Crippen molar-refractivity contribution in [2.75, 3.05) is 13.7 Å². The van der Waals surface area contributed by atoms with Crippen LogP contribution in [0.1, 0.15) is 5.56 Å². The molecule has 9 heteroatoms. The number of carboxylic acids is 1. The Bertz CT molecular complexity index is 628. The fraction of sp³-hybridized carbons (Fsp3) is 0.438. The van der Waals surface area contributed by atoms with Crippen LogP contribution in [0.25, 0.3) is 6.08 Å². The summed E-state index contributed by atoms with van der Waals surface area (Å²) in [5, 5.41) is 47.8. The van der Waals surface area contributed by atoms with E-state index in [2.05, 4.69) is 0 Å². The molecule has 1 aromatic carbocycles. The average molecular weight is 356 g/mol. The molecule has 0 aromatic heterocycles. The van der Waals surface area contributed by atoms with Crippen molar-refractivity contribution in [3.05, 3.63) is 35.6 Å². The molecule has 0 unspecified atom stereocenters. The van der Waals surface area contributed by atoms with Crippen molar-refractivity contribution in [2.45, 2.75) is 30.7 Å². The van der Waals surface area contributed by atoms with Gasteiger partial charge in [-0.05, 0) is 23.8 Å². The molecule has 5 atom stereocenters. The first-order valence-electron chi connectivity index (χ1n) is 7.43. The maximum atomic E-state index is 11.4. The van der Waals surface area contributed by atoms with Crippen LogP contribution < -0.4 is 4.74 Å². The molecule has 1 heterocycles. The van der Waals surface area contributed by atoms with Crippen LogP contribution >= 0.6 is 0 Å². The van der Waals surface area contributed by atoms with Gasteiger partial charge in [0.15, 0.2) is 0 Å². The minimum atomic E-state index is -1.70. The molecule has 1 aliphatic heterocycles. The maximum Gasteiger partial charge on any atom is 0.371 e. The van der Waals surface area contributed by atoms with Crippen molar-refractivity contribution in [2.24, 2.45) is 0 Å². The van der Waals surface area contributed by atoms with Crippen LogP contribution in [0.5, 0.6) is 5.75 Å². The number of aliphatic hydroxyl groups is 4. The van der Waals surface area contributed by atoms with Crippen LogP contribution in [0.15, 0.2) is 30.0 Å².